The monoisotopic (exact) mass is 348 g/mol. The average molecular weight is 348 g/mol. The molecule has 0 saturated carbocycles. The standard InChI is InChI=1S/C22H24N2O2/c25-21(23-13-17-7-1-2-8-18(17)14-23)11-5-6-12-22(26)24-15-19-9-3-4-10-20(19)16-24/h1-4,7-10H,5-6,11-16H2. The Balaban J connectivity index is 1.18. The molecule has 2 heterocycles. The molecule has 0 fully saturated rings. The normalized spacial score (nSPS) is 15.1. The first-order chi connectivity index (χ1) is 12.7. The molecule has 0 unspecified atom stereocenters. The van der Waals surface area contributed by atoms with Gasteiger partial charge in [0.25, 0.3) is 0 Å². The van der Waals surface area contributed by atoms with Gasteiger partial charge in [-0.3, -0.25) is 9.59 Å². The molecule has 4 heteroatoms. The van der Waals surface area contributed by atoms with E-state index < -0.39 is 0 Å². The maximum absolute atomic E-state index is 12.4. The van der Waals surface area contributed by atoms with E-state index in [1.165, 1.54) is 22.3 Å². The van der Waals surface area contributed by atoms with Crippen LogP contribution in [0.5, 0.6) is 0 Å². The highest BCUT2D eigenvalue weighted by atomic mass is 16.2. The van der Waals surface area contributed by atoms with Gasteiger partial charge in [-0.25, -0.2) is 0 Å². The van der Waals surface area contributed by atoms with Crippen LogP contribution in [0.1, 0.15) is 47.9 Å². The number of hydrogen-bond donors (Lipinski definition) is 0. The molecule has 0 bridgehead atoms. The molecule has 0 spiro atoms. The maximum Gasteiger partial charge on any atom is 0.223 e. The Hall–Kier alpha value is -2.62. The van der Waals surface area contributed by atoms with E-state index in [-0.39, 0.29) is 11.8 Å². The molecule has 4 nitrogen and oxygen atoms in total. The second-order valence-corrected chi connectivity index (χ2v) is 7.24. The Morgan fingerprint density at radius 2 is 0.923 bits per heavy atom. The molecule has 4 rings (SSSR count). The Labute approximate surface area is 154 Å². The largest absolute Gasteiger partial charge is 0.334 e. The maximum atomic E-state index is 12.4. The Bertz CT molecular complexity index is 711. The number of carbonyl (C=O) groups excluding carboxylic acids is 2. The Morgan fingerprint density at radius 3 is 1.23 bits per heavy atom. The lowest BCUT2D eigenvalue weighted by molar-refractivity contribution is -0.133. The van der Waals surface area contributed by atoms with Crippen LogP contribution >= 0.6 is 0 Å². The SMILES string of the molecule is O=C(CCCCC(=O)N1Cc2ccccc2C1)N1Cc2ccccc2C1. The number of unbranched alkanes of at least 4 members (excludes halogenated alkanes) is 1. The first kappa shape index (κ1) is 16.8. The van der Waals surface area contributed by atoms with Gasteiger partial charge in [0.05, 0.1) is 0 Å². The van der Waals surface area contributed by atoms with Gasteiger partial charge < -0.3 is 9.80 Å². The summed E-state index contributed by atoms with van der Waals surface area (Å²) in [5.74, 6) is 0.393. The summed E-state index contributed by atoms with van der Waals surface area (Å²) in [6.45, 7) is 2.89. The fourth-order valence-corrected chi connectivity index (χ4v) is 3.89. The van der Waals surface area contributed by atoms with Crippen LogP contribution in [0.25, 0.3) is 0 Å². The van der Waals surface area contributed by atoms with Gasteiger partial charge in [-0.15, -0.1) is 0 Å². The van der Waals surface area contributed by atoms with Crippen molar-refractivity contribution in [3.63, 3.8) is 0 Å². The highest BCUT2D eigenvalue weighted by molar-refractivity contribution is 5.78. The topological polar surface area (TPSA) is 40.6 Å². The third-order valence-electron chi connectivity index (χ3n) is 5.42. The van der Waals surface area contributed by atoms with Gasteiger partial charge in [0.1, 0.15) is 0 Å². The van der Waals surface area contributed by atoms with Crippen LogP contribution in [0.15, 0.2) is 48.5 Å². The van der Waals surface area contributed by atoms with Gasteiger partial charge in [-0.05, 0) is 35.1 Å². The van der Waals surface area contributed by atoms with Crippen molar-refractivity contribution in [3.05, 3.63) is 70.8 Å². The molecule has 2 aliphatic rings. The highest BCUT2D eigenvalue weighted by Crippen LogP contribution is 2.24. The number of amides is 2. The van der Waals surface area contributed by atoms with Crippen LogP contribution in [-0.2, 0) is 35.8 Å². The second kappa shape index (κ2) is 7.32. The molecule has 2 amide bonds. The van der Waals surface area contributed by atoms with Crippen LogP contribution in [0.3, 0.4) is 0 Å². The number of carbonyl (C=O) groups is 2. The molecule has 0 saturated heterocycles. The van der Waals surface area contributed by atoms with E-state index in [2.05, 4.69) is 24.3 Å². The van der Waals surface area contributed by atoms with Crippen LogP contribution in [0, 0.1) is 0 Å². The van der Waals surface area contributed by atoms with Gasteiger partial charge in [0, 0.05) is 39.0 Å². The number of nitrogens with zero attached hydrogens (tertiary/aromatic N) is 2. The number of fused-ring (bicyclic) bond motifs is 2. The van der Waals surface area contributed by atoms with Crippen molar-refractivity contribution < 1.29 is 9.59 Å². The summed E-state index contributed by atoms with van der Waals surface area (Å²) < 4.78 is 0. The zero-order chi connectivity index (χ0) is 17.9. The molecule has 2 aliphatic heterocycles. The summed E-state index contributed by atoms with van der Waals surface area (Å²) in [4.78, 5) is 28.6. The van der Waals surface area contributed by atoms with Gasteiger partial charge in [-0.2, -0.15) is 0 Å². The summed E-state index contributed by atoms with van der Waals surface area (Å²) in [5, 5.41) is 0. The van der Waals surface area contributed by atoms with Crippen molar-refractivity contribution in [3.8, 4) is 0 Å². The lowest BCUT2D eigenvalue weighted by atomic mass is 10.1. The smallest absolute Gasteiger partial charge is 0.223 e. The van der Waals surface area contributed by atoms with Crippen molar-refractivity contribution in [2.45, 2.75) is 51.9 Å². The third-order valence-corrected chi connectivity index (χ3v) is 5.42. The van der Waals surface area contributed by atoms with E-state index in [0.29, 0.717) is 12.8 Å². The van der Waals surface area contributed by atoms with Gasteiger partial charge in [-0.1, -0.05) is 48.5 Å². The fourth-order valence-electron chi connectivity index (χ4n) is 3.89. The number of hydrogen-bond acceptors (Lipinski definition) is 2. The molecule has 0 aromatic heterocycles. The van der Waals surface area contributed by atoms with Crippen molar-refractivity contribution in [2.24, 2.45) is 0 Å². The zero-order valence-corrected chi connectivity index (χ0v) is 15.0. The number of rotatable bonds is 5. The molecular formula is C22H24N2O2. The van der Waals surface area contributed by atoms with E-state index in [9.17, 15) is 9.59 Å². The minimum Gasteiger partial charge on any atom is -0.334 e. The quantitative estimate of drug-likeness (QED) is 0.774. The van der Waals surface area contributed by atoms with Crippen molar-refractivity contribution in [2.75, 3.05) is 0 Å². The molecule has 2 aromatic rings. The first-order valence-corrected chi connectivity index (χ1v) is 9.40. The van der Waals surface area contributed by atoms with Crippen LogP contribution in [0.2, 0.25) is 0 Å². The predicted octanol–water partition coefficient (Wildman–Crippen LogP) is 3.63. The van der Waals surface area contributed by atoms with E-state index in [1.54, 1.807) is 0 Å². The number of benzene rings is 2. The summed E-state index contributed by atoms with van der Waals surface area (Å²) in [7, 11) is 0. The average Bonchev–Trinajstić information content (AvgIpc) is 3.28. The zero-order valence-electron chi connectivity index (χ0n) is 15.0. The van der Waals surface area contributed by atoms with Gasteiger partial charge >= 0.3 is 0 Å². The van der Waals surface area contributed by atoms with Crippen LogP contribution < -0.4 is 0 Å². The van der Waals surface area contributed by atoms with Crippen LogP contribution in [0.4, 0.5) is 0 Å². The predicted molar refractivity (Wildman–Crippen MR) is 99.9 cm³/mol. The molecule has 0 atom stereocenters. The fraction of sp³-hybridized carbons (Fsp3) is 0.364. The van der Waals surface area contributed by atoms with E-state index >= 15 is 0 Å². The summed E-state index contributed by atoms with van der Waals surface area (Å²) in [6.07, 6.45) is 2.61. The van der Waals surface area contributed by atoms with Gasteiger partial charge in [0.15, 0.2) is 0 Å². The second-order valence-electron chi connectivity index (χ2n) is 7.24. The lowest BCUT2D eigenvalue weighted by Crippen LogP contribution is -2.26. The van der Waals surface area contributed by atoms with Gasteiger partial charge in [0.2, 0.25) is 11.8 Å². The highest BCUT2D eigenvalue weighted by Gasteiger charge is 2.24. The molecule has 2 aromatic carbocycles. The summed E-state index contributed by atoms with van der Waals surface area (Å²) >= 11 is 0. The van der Waals surface area contributed by atoms with E-state index in [4.69, 9.17) is 0 Å². The van der Waals surface area contributed by atoms with Crippen molar-refractivity contribution >= 4 is 11.8 Å². The van der Waals surface area contributed by atoms with Crippen molar-refractivity contribution in [1.82, 2.24) is 9.80 Å². The summed E-state index contributed by atoms with van der Waals surface area (Å²) in [5.41, 5.74) is 5.02. The third kappa shape index (κ3) is 3.50. The minimum atomic E-state index is 0.197. The van der Waals surface area contributed by atoms with Crippen molar-refractivity contribution in [1.29, 1.82) is 0 Å². The van der Waals surface area contributed by atoms with Crippen LogP contribution in [-0.4, -0.2) is 21.6 Å². The molecule has 26 heavy (non-hydrogen) atoms. The lowest BCUT2D eigenvalue weighted by Gasteiger charge is -2.16. The molecule has 0 radical (unpaired) electrons. The summed E-state index contributed by atoms with van der Waals surface area (Å²) in [6, 6.07) is 16.5. The molecule has 0 aliphatic carbocycles. The minimum absolute atomic E-state index is 0.197. The molecular weight excluding hydrogens is 324 g/mol. The Morgan fingerprint density at radius 1 is 0.615 bits per heavy atom. The molecule has 0 N–H and O–H groups in total. The Kier molecular flexibility index (Phi) is 4.74. The first-order valence-electron chi connectivity index (χ1n) is 9.40. The van der Waals surface area contributed by atoms with E-state index in [0.717, 1.165) is 39.0 Å². The van der Waals surface area contributed by atoms with E-state index in [1.807, 2.05) is 34.1 Å². The molecule has 134 valence electrons.